The number of hydrogen-bond acceptors (Lipinski definition) is 3. The summed E-state index contributed by atoms with van der Waals surface area (Å²) in [5.41, 5.74) is 2.43. The van der Waals surface area contributed by atoms with Gasteiger partial charge in [0.25, 0.3) is 5.91 Å². The quantitative estimate of drug-likeness (QED) is 0.634. The van der Waals surface area contributed by atoms with Crippen LogP contribution in [0.4, 0.5) is 0 Å². The molecule has 1 aliphatic rings. The molecule has 1 fully saturated rings. The lowest BCUT2D eigenvalue weighted by atomic mass is 10.1. The fourth-order valence-corrected chi connectivity index (χ4v) is 1.47. The number of amides is 1. The standard InChI is InChI=1S/C9H18N2O2/c1-2-13-11-9(12)8-6-4-3-5-7-10-8/h8,10H,2-7H2,1H3,(H,11,12). The number of carbonyl (C=O) groups excluding carboxylic acids is 1. The van der Waals surface area contributed by atoms with Gasteiger partial charge in [-0.25, -0.2) is 5.48 Å². The predicted molar refractivity (Wildman–Crippen MR) is 50.0 cm³/mol. The van der Waals surface area contributed by atoms with Crippen LogP contribution in [0.15, 0.2) is 0 Å². The zero-order valence-electron chi connectivity index (χ0n) is 8.14. The van der Waals surface area contributed by atoms with Crippen molar-refractivity contribution in [2.24, 2.45) is 0 Å². The van der Waals surface area contributed by atoms with Gasteiger partial charge in [-0.2, -0.15) is 0 Å². The summed E-state index contributed by atoms with van der Waals surface area (Å²) in [6.07, 6.45) is 4.42. The summed E-state index contributed by atoms with van der Waals surface area (Å²) in [4.78, 5) is 16.3. The van der Waals surface area contributed by atoms with Gasteiger partial charge in [-0.3, -0.25) is 9.63 Å². The van der Waals surface area contributed by atoms with Gasteiger partial charge in [-0.15, -0.1) is 0 Å². The van der Waals surface area contributed by atoms with Crippen LogP contribution in [0, 0.1) is 0 Å². The van der Waals surface area contributed by atoms with Crippen molar-refractivity contribution in [3.63, 3.8) is 0 Å². The molecule has 0 spiro atoms. The highest BCUT2D eigenvalue weighted by Gasteiger charge is 2.18. The van der Waals surface area contributed by atoms with E-state index < -0.39 is 0 Å². The molecule has 2 N–H and O–H groups in total. The summed E-state index contributed by atoms with van der Waals surface area (Å²) < 4.78 is 0. The Hall–Kier alpha value is -0.610. The summed E-state index contributed by atoms with van der Waals surface area (Å²) in [6, 6.07) is -0.0611. The van der Waals surface area contributed by atoms with Crippen LogP contribution in [-0.4, -0.2) is 25.1 Å². The molecular formula is C9H18N2O2. The summed E-state index contributed by atoms with van der Waals surface area (Å²) in [6.45, 7) is 3.30. The van der Waals surface area contributed by atoms with Crippen molar-refractivity contribution in [1.29, 1.82) is 0 Å². The van der Waals surface area contributed by atoms with E-state index in [9.17, 15) is 4.79 Å². The van der Waals surface area contributed by atoms with E-state index in [0.29, 0.717) is 6.61 Å². The van der Waals surface area contributed by atoms with E-state index in [1.54, 1.807) is 0 Å². The van der Waals surface area contributed by atoms with Crippen molar-refractivity contribution in [1.82, 2.24) is 10.8 Å². The summed E-state index contributed by atoms with van der Waals surface area (Å²) in [5, 5.41) is 3.20. The Morgan fingerprint density at radius 2 is 2.38 bits per heavy atom. The van der Waals surface area contributed by atoms with E-state index in [4.69, 9.17) is 4.84 Å². The van der Waals surface area contributed by atoms with Crippen molar-refractivity contribution in [2.75, 3.05) is 13.2 Å². The lowest BCUT2D eigenvalue weighted by Crippen LogP contribution is -2.43. The number of rotatable bonds is 3. The molecule has 13 heavy (non-hydrogen) atoms. The molecule has 1 heterocycles. The van der Waals surface area contributed by atoms with Crippen LogP contribution in [0.5, 0.6) is 0 Å². The Morgan fingerprint density at radius 3 is 3.15 bits per heavy atom. The smallest absolute Gasteiger partial charge is 0.260 e. The molecule has 4 heteroatoms. The van der Waals surface area contributed by atoms with Crippen LogP contribution in [0.25, 0.3) is 0 Å². The minimum Gasteiger partial charge on any atom is -0.306 e. The molecule has 1 unspecified atom stereocenters. The lowest BCUT2D eigenvalue weighted by molar-refractivity contribution is -0.135. The molecule has 0 aromatic rings. The molecule has 0 aliphatic carbocycles. The molecule has 0 aromatic heterocycles. The second-order valence-corrected chi connectivity index (χ2v) is 3.26. The first-order valence-corrected chi connectivity index (χ1v) is 4.99. The second kappa shape index (κ2) is 5.94. The lowest BCUT2D eigenvalue weighted by Gasteiger charge is -2.14. The molecule has 1 aliphatic heterocycles. The van der Waals surface area contributed by atoms with Gasteiger partial charge in [-0.1, -0.05) is 12.8 Å². The van der Waals surface area contributed by atoms with Gasteiger partial charge in [0.15, 0.2) is 0 Å². The first-order valence-electron chi connectivity index (χ1n) is 4.99. The topological polar surface area (TPSA) is 50.4 Å². The number of hydroxylamine groups is 1. The molecule has 1 amide bonds. The molecule has 4 nitrogen and oxygen atoms in total. The number of carbonyl (C=O) groups is 1. The van der Waals surface area contributed by atoms with Crippen molar-refractivity contribution in [3.8, 4) is 0 Å². The van der Waals surface area contributed by atoms with Crippen LogP contribution in [0.2, 0.25) is 0 Å². The first kappa shape index (κ1) is 10.5. The average molecular weight is 186 g/mol. The van der Waals surface area contributed by atoms with Crippen molar-refractivity contribution >= 4 is 5.91 Å². The largest absolute Gasteiger partial charge is 0.306 e. The molecule has 1 saturated heterocycles. The zero-order valence-corrected chi connectivity index (χ0v) is 8.14. The van der Waals surface area contributed by atoms with Crippen molar-refractivity contribution in [2.45, 2.75) is 38.6 Å². The van der Waals surface area contributed by atoms with Crippen LogP contribution >= 0.6 is 0 Å². The fraction of sp³-hybridized carbons (Fsp3) is 0.889. The third-order valence-corrected chi connectivity index (χ3v) is 2.19. The third kappa shape index (κ3) is 3.74. The van der Waals surface area contributed by atoms with Crippen LogP contribution in [0.1, 0.15) is 32.6 Å². The maximum Gasteiger partial charge on any atom is 0.260 e. The molecule has 0 bridgehead atoms. The summed E-state index contributed by atoms with van der Waals surface area (Å²) >= 11 is 0. The number of nitrogens with one attached hydrogen (secondary N) is 2. The highest BCUT2D eigenvalue weighted by Crippen LogP contribution is 2.08. The van der Waals surface area contributed by atoms with Crippen LogP contribution < -0.4 is 10.8 Å². The van der Waals surface area contributed by atoms with Gasteiger partial charge in [0, 0.05) is 0 Å². The van der Waals surface area contributed by atoms with Gasteiger partial charge in [0.05, 0.1) is 12.6 Å². The Kier molecular flexibility index (Phi) is 4.78. The van der Waals surface area contributed by atoms with E-state index in [0.717, 1.165) is 19.4 Å². The SMILES string of the molecule is CCONC(=O)C1CCCCCN1. The normalized spacial score (nSPS) is 23.6. The van der Waals surface area contributed by atoms with Gasteiger partial charge >= 0.3 is 0 Å². The van der Waals surface area contributed by atoms with Gasteiger partial charge < -0.3 is 5.32 Å². The predicted octanol–water partition coefficient (Wildman–Crippen LogP) is 0.586. The molecular weight excluding hydrogens is 168 g/mol. The summed E-state index contributed by atoms with van der Waals surface area (Å²) in [7, 11) is 0. The van der Waals surface area contributed by atoms with Crippen molar-refractivity contribution < 1.29 is 9.63 Å². The molecule has 0 saturated carbocycles. The summed E-state index contributed by atoms with van der Waals surface area (Å²) in [5.74, 6) is -0.0382. The van der Waals surface area contributed by atoms with Crippen LogP contribution in [0.3, 0.4) is 0 Å². The van der Waals surface area contributed by atoms with Gasteiger partial charge in [-0.05, 0) is 26.3 Å². The monoisotopic (exact) mass is 186 g/mol. The van der Waals surface area contributed by atoms with Crippen molar-refractivity contribution in [3.05, 3.63) is 0 Å². The van der Waals surface area contributed by atoms with Gasteiger partial charge in [0.2, 0.25) is 0 Å². The van der Waals surface area contributed by atoms with Gasteiger partial charge in [0.1, 0.15) is 0 Å². The molecule has 1 atom stereocenters. The van der Waals surface area contributed by atoms with E-state index in [2.05, 4.69) is 10.8 Å². The maximum atomic E-state index is 11.4. The third-order valence-electron chi connectivity index (χ3n) is 2.19. The Labute approximate surface area is 79.0 Å². The Bertz CT molecular complexity index is 154. The van der Waals surface area contributed by atoms with E-state index >= 15 is 0 Å². The second-order valence-electron chi connectivity index (χ2n) is 3.26. The first-order chi connectivity index (χ1) is 6.34. The highest BCUT2D eigenvalue weighted by atomic mass is 16.6. The highest BCUT2D eigenvalue weighted by molar-refractivity contribution is 5.80. The minimum absolute atomic E-state index is 0.0382. The maximum absolute atomic E-state index is 11.4. The fourth-order valence-electron chi connectivity index (χ4n) is 1.47. The molecule has 0 aromatic carbocycles. The molecule has 0 radical (unpaired) electrons. The number of hydrogen-bond donors (Lipinski definition) is 2. The Morgan fingerprint density at radius 1 is 1.54 bits per heavy atom. The zero-order chi connectivity index (χ0) is 9.52. The Balaban J connectivity index is 2.26. The van der Waals surface area contributed by atoms with E-state index in [1.807, 2.05) is 6.92 Å². The average Bonchev–Trinajstić information content (AvgIpc) is 2.42. The van der Waals surface area contributed by atoms with Crippen LogP contribution in [-0.2, 0) is 9.63 Å². The minimum atomic E-state index is -0.0611. The molecule has 1 rings (SSSR count). The molecule has 76 valence electrons. The van der Waals surface area contributed by atoms with E-state index in [-0.39, 0.29) is 11.9 Å². The van der Waals surface area contributed by atoms with E-state index in [1.165, 1.54) is 12.8 Å².